The Hall–Kier alpha value is -2.99. The number of hydrogen-bond acceptors (Lipinski definition) is 4. The summed E-state index contributed by atoms with van der Waals surface area (Å²) in [6, 6.07) is 15.9. The summed E-state index contributed by atoms with van der Waals surface area (Å²) in [5.74, 6) is 0.338. The van der Waals surface area contributed by atoms with Crippen molar-refractivity contribution in [3.05, 3.63) is 65.2 Å². The van der Waals surface area contributed by atoms with Crippen LogP contribution in [0.25, 0.3) is 0 Å². The number of hydrogen-bond donors (Lipinski definition) is 2. The summed E-state index contributed by atoms with van der Waals surface area (Å²) in [5, 5.41) is 6.07. The van der Waals surface area contributed by atoms with Gasteiger partial charge >= 0.3 is 0 Å². The fourth-order valence-electron chi connectivity index (χ4n) is 4.22. The number of nitrogens with one attached hydrogen (secondary N) is 2. The largest absolute Gasteiger partial charge is 0.326 e. The predicted octanol–water partition coefficient (Wildman–Crippen LogP) is 3.47. The molecule has 2 N–H and O–H groups in total. The summed E-state index contributed by atoms with van der Waals surface area (Å²) >= 11 is 0. The quantitative estimate of drug-likeness (QED) is 0.781. The molecule has 0 aromatic heterocycles. The minimum absolute atomic E-state index is 0.0207. The van der Waals surface area contributed by atoms with Gasteiger partial charge in [-0.15, -0.1) is 0 Å². The van der Waals surface area contributed by atoms with E-state index in [1.807, 2.05) is 43.3 Å². The first-order valence-electron chi connectivity index (χ1n) is 11.0. The van der Waals surface area contributed by atoms with Crippen molar-refractivity contribution in [2.45, 2.75) is 45.2 Å². The first-order valence-corrected chi connectivity index (χ1v) is 11.0. The molecule has 6 nitrogen and oxygen atoms in total. The molecular formula is C25H30N4O2. The van der Waals surface area contributed by atoms with Crippen molar-refractivity contribution in [1.29, 1.82) is 0 Å². The Bertz CT molecular complexity index is 1000. The lowest BCUT2D eigenvalue weighted by atomic mass is 9.98. The highest BCUT2D eigenvalue weighted by Gasteiger charge is 2.42. The molecule has 2 heterocycles. The van der Waals surface area contributed by atoms with Gasteiger partial charge in [-0.3, -0.25) is 19.5 Å². The Kier molecular flexibility index (Phi) is 5.92. The summed E-state index contributed by atoms with van der Waals surface area (Å²) in [6.07, 6.45) is 1.40. The van der Waals surface area contributed by atoms with E-state index in [9.17, 15) is 9.59 Å². The molecule has 4 rings (SSSR count). The van der Waals surface area contributed by atoms with E-state index in [1.165, 1.54) is 5.56 Å². The van der Waals surface area contributed by atoms with Crippen molar-refractivity contribution in [3.63, 3.8) is 0 Å². The summed E-state index contributed by atoms with van der Waals surface area (Å²) < 4.78 is 0. The van der Waals surface area contributed by atoms with Gasteiger partial charge in [0.25, 0.3) is 5.91 Å². The molecule has 6 heteroatoms. The fraction of sp³-hybridized carbons (Fsp3) is 0.400. The van der Waals surface area contributed by atoms with Crippen LogP contribution in [0.4, 0.5) is 5.69 Å². The molecule has 0 saturated carbocycles. The van der Waals surface area contributed by atoms with Crippen LogP contribution in [-0.4, -0.2) is 47.7 Å². The monoisotopic (exact) mass is 418 g/mol. The van der Waals surface area contributed by atoms with E-state index in [2.05, 4.69) is 41.5 Å². The van der Waals surface area contributed by atoms with Crippen LogP contribution in [0.2, 0.25) is 0 Å². The number of carbonyl (C=O) groups is 2. The molecule has 2 aromatic carbocycles. The van der Waals surface area contributed by atoms with Crippen molar-refractivity contribution in [2.75, 3.05) is 25.0 Å². The number of aryl methyl sites for hydroxylation is 1. The minimum Gasteiger partial charge on any atom is -0.326 e. The highest BCUT2D eigenvalue weighted by atomic mass is 16.2. The van der Waals surface area contributed by atoms with Gasteiger partial charge < -0.3 is 10.6 Å². The SMILES string of the molecule is Cc1cccc(C2=NC3(CCN(CC(=O)Nc4ccc(C(C)C)cc4)CC3)NC2=O)c1. The van der Waals surface area contributed by atoms with Gasteiger partial charge in [0, 0.05) is 37.2 Å². The minimum atomic E-state index is -0.546. The first-order chi connectivity index (χ1) is 14.8. The van der Waals surface area contributed by atoms with Gasteiger partial charge in [-0.05, 0) is 36.6 Å². The number of amides is 2. The zero-order valence-electron chi connectivity index (χ0n) is 18.4. The van der Waals surface area contributed by atoms with Gasteiger partial charge in [0.2, 0.25) is 5.91 Å². The second kappa shape index (κ2) is 8.63. The standard InChI is InChI=1S/C25H30N4O2/c1-17(2)19-7-9-21(10-8-19)26-22(30)16-29-13-11-25(12-14-29)27-23(24(31)28-25)20-6-4-5-18(3)15-20/h4-10,15,17H,11-14,16H2,1-3H3,(H,26,30)(H,28,31). The second-order valence-corrected chi connectivity index (χ2v) is 8.92. The van der Waals surface area contributed by atoms with Gasteiger partial charge in [-0.25, -0.2) is 0 Å². The van der Waals surface area contributed by atoms with Crippen molar-refractivity contribution in [3.8, 4) is 0 Å². The van der Waals surface area contributed by atoms with Crippen LogP contribution in [0.15, 0.2) is 53.5 Å². The number of benzene rings is 2. The number of anilines is 1. The molecule has 0 bridgehead atoms. The first kappa shape index (κ1) is 21.2. The third-order valence-electron chi connectivity index (χ3n) is 6.09. The Labute approximate surface area is 183 Å². The maximum absolute atomic E-state index is 12.6. The molecule has 1 saturated heterocycles. The summed E-state index contributed by atoms with van der Waals surface area (Å²) in [4.78, 5) is 32.0. The van der Waals surface area contributed by atoms with E-state index >= 15 is 0 Å². The molecule has 0 radical (unpaired) electrons. The van der Waals surface area contributed by atoms with Gasteiger partial charge in [0.05, 0.1) is 6.54 Å². The molecular weight excluding hydrogens is 388 g/mol. The van der Waals surface area contributed by atoms with Crippen molar-refractivity contribution < 1.29 is 9.59 Å². The Morgan fingerprint density at radius 1 is 1.16 bits per heavy atom. The average Bonchev–Trinajstić information content (AvgIpc) is 3.06. The Morgan fingerprint density at radius 2 is 1.87 bits per heavy atom. The maximum Gasteiger partial charge on any atom is 0.272 e. The van der Waals surface area contributed by atoms with Crippen molar-refractivity contribution >= 4 is 23.2 Å². The predicted molar refractivity (Wildman–Crippen MR) is 123 cm³/mol. The molecule has 2 aliphatic heterocycles. The highest BCUT2D eigenvalue weighted by Crippen LogP contribution is 2.29. The maximum atomic E-state index is 12.6. The topological polar surface area (TPSA) is 73.8 Å². The van der Waals surface area contributed by atoms with E-state index in [0.29, 0.717) is 44.1 Å². The number of rotatable bonds is 5. The Morgan fingerprint density at radius 3 is 2.52 bits per heavy atom. The molecule has 1 fully saturated rings. The molecule has 1 spiro atoms. The molecule has 0 aliphatic carbocycles. The average molecular weight is 419 g/mol. The Balaban J connectivity index is 1.33. The van der Waals surface area contributed by atoms with Crippen LogP contribution >= 0.6 is 0 Å². The van der Waals surface area contributed by atoms with Crippen LogP contribution < -0.4 is 10.6 Å². The van der Waals surface area contributed by atoms with Crippen LogP contribution in [0.3, 0.4) is 0 Å². The number of piperidine rings is 1. The lowest BCUT2D eigenvalue weighted by Gasteiger charge is -2.36. The zero-order valence-corrected chi connectivity index (χ0v) is 18.4. The van der Waals surface area contributed by atoms with E-state index in [0.717, 1.165) is 16.8 Å². The summed E-state index contributed by atoms with van der Waals surface area (Å²) in [5.41, 5.74) is 4.01. The lowest BCUT2D eigenvalue weighted by Crippen LogP contribution is -2.52. The van der Waals surface area contributed by atoms with Crippen LogP contribution in [-0.2, 0) is 9.59 Å². The third kappa shape index (κ3) is 4.85. The number of carbonyl (C=O) groups excluding carboxylic acids is 2. The fourth-order valence-corrected chi connectivity index (χ4v) is 4.22. The molecule has 2 aromatic rings. The van der Waals surface area contributed by atoms with Crippen LogP contribution in [0.5, 0.6) is 0 Å². The number of nitrogens with zero attached hydrogens (tertiary/aromatic N) is 2. The van der Waals surface area contributed by atoms with Gasteiger partial charge in [0.1, 0.15) is 11.4 Å². The highest BCUT2D eigenvalue weighted by molar-refractivity contribution is 6.46. The van der Waals surface area contributed by atoms with E-state index in [-0.39, 0.29) is 11.8 Å². The van der Waals surface area contributed by atoms with Crippen molar-refractivity contribution in [2.24, 2.45) is 4.99 Å². The molecule has 31 heavy (non-hydrogen) atoms. The molecule has 2 amide bonds. The van der Waals surface area contributed by atoms with Gasteiger partial charge in [-0.2, -0.15) is 0 Å². The van der Waals surface area contributed by atoms with Gasteiger partial charge in [-0.1, -0.05) is 49.7 Å². The van der Waals surface area contributed by atoms with E-state index in [1.54, 1.807) is 0 Å². The molecule has 2 aliphatic rings. The van der Waals surface area contributed by atoms with E-state index < -0.39 is 5.66 Å². The third-order valence-corrected chi connectivity index (χ3v) is 6.09. The number of aliphatic imine (C=N–C) groups is 1. The normalized spacial score (nSPS) is 18.2. The molecule has 0 atom stereocenters. The van der Waals surface area contributed by atoms with Gasteiger partial charge in [0.15, 0.2) is 0 Å². The van der Waals surface area contributed by atoms with Crippen LogP contribution in [0, 0.1) is 6.92 Å². The lowest BCUT2D eigenvalue weighted by molar-refractivity contribution is -0.119. The second-order valence-electron chi connectivity index (χ2n) is 8.92. The smallest absolute Gasteiger partial charge is 0.272 e. The molecule has 0 unspecified atom stereocenters. The zero-order chi connectivity index (χ0) is 22.0. The van der Waals surface area contributed by atoms with Crippen LogP contribution in [0.1, 0.15) is 49.3 Å². The summed E-state index contributed by atoms with van der Waals surface area (Å²) in [7, 11) is 0. The number of likely N-dealkylation sites (tertiary alicyclic amines) is 1. The summed E-state index contributed by atoms with van der Waals surface area (Å²) in [6.45, 7) is 8.07. The van der Waals surface area contributed by atoms with Crippen molar-refractivity contribution in [1.82, 2.24) is 10.2 Å². The molecule has 162 valence electrons. The van der Waals surface area contributed by atoms with E-state index in [4.69, 9.17) is 4.99 Å².